The average molecular weight is 512 g/mol. The summed E-state index contributed by atoms with van der Waals surface area (Å²) in [6, 6.07) is 15.6. The molecule has 0 atom stereocenters. The van der Waals surface area contributed by atoms with Gasteiger partial charge in [-0.2, -0.15) is 4.31 Å². The fraction of sp³-hybridized carbons (Fsp3) is 0.536. The summed E-state index contributed by atoms with van der Waals surface area (Å²) in [5, 5.41) is 0. The number of rotatable bonds is 7. The van der Waals surface area contributed by atoms with Gasteiger partial charge in [0, 0.05) is 45.2 Å². The van der Waals surface area contributed by atoms with Crippen LogP contribution in [0.15, 0.2) is 53.4 Å². The minimum absolute atomic E-state index is 0.205. The number of anilines is 1. The Morgan fingerprint density at radius 1 is 0.917 bits per heavy atom. The van der Waals surface area contributed by atoms with E-state index in [-0.39, 0.29) is 11.8 Å². The van der Waals surface area contributed by atoms with E-state index in [0.29, 0.717) is 55.8 Å². The summed E-state index contributed by atoms with van der Waals surface area (Å²) in [4.78, 5) is 17.1. The highest BCUT2D eigenvalue weighted by atomic mass is 32.2. The Hall–Kier alpha value is -2.58. The maximum absolute atomic E-state index is 13.6. The van der Waals surface area contributed by atoms with Crippen molar-refractivity contribution in [3.8, 4) is 5.75 Å². The summed E-state index contributed by atoms with van der Waals surface area (Å²) in [5.41, 5.74) is 2.10. The maximum atomic E-state index is 13.6. The van der Waals surface area contributed by atoms with Crippen molar-refractivity contribution in [3.05, 3.63) is 54.1 Å². The molecule has 36 heavy (non-hydrogen) atoms. The third-order valence-corrected chi connectivity index (χ3v) is 10.0. The SMILES string of the molecule is COc1ccc(S(=O)(=O)N2CCC(Cc3ccccc3)CC2)cc1N1CCN(C(=O)C2CCC2)CC1. The number of piperazine rings is 1. The van der Waals surface area contributed by atoms with Crippen LogP contribution in [-0.4, -0.2) is 69.9 Å². The number of amides is 1. The molecule has 7 nitrogen and oxygen atoms in total. The van der Waals surface area contributed by atoms with E-state index < -0.39 is 10.0 Å². The van der Waals surface area contributed by atoms with Gasteiger partial charge in [0.15, 0.2) is 0 Å². The number of nitrogens with zero attached hydrogens (tertiary/aromatic N) is 3. The second kappa shape index (κ2) is 10.8. The van der Waals surface area contributed by atoms with Crippen LogP contribution >= 0.6 is 0 Å². The molecule has 0 aromatic heterocycles. The van der Waals surface area contributed by atoms with Gasteiger partial charge < -0.3 is 14.5 Å². The van der Waals surface area contributed by atoms with Gasteiger partial charge in [0.2, 0.25) is 15.9 Å². The summed E-state index contributed by atoms with van der Waals surface area (Å²) >= 11 is 0. The Balaban J connectivity index is 1.24. The van der Waals surface area contributed by atoms with E-state index in [2.05, 4.69) is 29.2 Å². The first-order valence-corrected chi connectivity index (χ1v) is 14.7. The van der Waals surface area contributed by atoms with Gasteiger partial charge in [-0.3, -0.25) is 4.79 Å². The molecule has 3 aliphatic rings. The molecule has 1 amide bonds. The maximum Gasteiger partial charge on any atom is 0.243 e. The average Bonchev–Trinajstić information content (AvgIpc) is 2.88. The normalized spacial score (nSPS) is 20.2. The fourth-order valence-corrected chi connectivity index (χ4v) is 7.10. The predicted octanol–water partition coefficient (Wildman–Crippen LogP) is 3.79. The zero-order chi connectivity index (χ0) is 25.1. The number of hydrogen-bond donors (Lipinski definition) is 0. The van der Waals surface area contributed by atoms with Gasteiger partial charge in [-0.1, -0.05) is 36.8 Å². The van der Waals surface area contributed by atoms with Crippen LogP contribution in [0.25, 0.3) is 0 Å². The van der Waals surface area contributed by atoms with Crippen molar-refractivity contribution >= 4 is 21.6 Å². The molecular weight excluding hydrogens is 474 g/mol. The predicted molar refractivity (Wildman–Crippen MR) is 141 cm³/mol. The van der Waals surface area contributed by atoms with Gasteiger partial charge in [-0.25, -0.2) is 8.42 Å². The fourth-order valence-electron chi connectivity index (χ4n) is 5.61. The summed E-state index contributed by atoms with van der Waals surface area (Å²) in [7, 11) is -1.98. The number of methoxy groups -OCH3 is 1. The topological polar surface area (TPSA) is 70.2 Å². The molecule has 0 spiro atoms. The lowest BCUT2D eigenvalue weighted by Crippen LogP contribution is -2.51. The monoisotopic (exact) mass is 511 g/mol. The Bertz CT molecular complexity index is 1150. The molecule has 5 rings (SSSR count). The van der Waals surface area contributed by atoms with E-state index >= 15 is 0 Å². The van der Waals surface area contributed by atoms with Crippen LogP contribution < -0.4 is 9.64 Å². The number of carbonyl (C=O) groups excluding carboxylic acids is 1. The molecule has 0 bridgehead atoms. The van der Waals surface area contributed by atoms with Gasteiger partial charge in [-0.15, -0.1) is 0 Å². The first kappa shape index (κ1) is 25.1. The Morgan fingerprint density at radius 3 is 2.22 bits per heavy atom. The molecule has 1 saturated carbocycles. The minimum Gasteiger partial charge on any atom is -0.495 e. The van der Waals surface area contributed by atoms with Crippen molar-refractivity contribution < 1.29 is 17.9 Å². The van der Waals surface area contributed by atoms with Crippen molar-refractivity contribution in [3.63, 3.8) is 0 Å². The van der Waals surface area contributed by atoms with Crippen LogP contribution in [0.1, 0.15) is 37.7 Å². The van der Waals surface area contributed by atoms with Gasteiger partial charge in [0.1, 0.15) is 5.75 Å². The summed E-state index contributed by atoms with van der Waals surface area (Å²) < 4.78 is 34.3. The zero-order valence-electron chi connectivity index (χ0n) is 21.1. The largest absolute Gasteiger partial charge is 0.495 e. The van der Waals surface area contributed by atoms with Crippen LogP contribution in [0.2, 0.25) is 0 Å². The molecular formula is C28H37N3O4S. The van der Waals surface area contributed by atoms with Gasteiger partial charge in [0.25, 0.3) is 0 Å². The smallest absolute Gasteiger partial charge is 0.243 e. The van der Waals surface area contributed by atoms with Crippen molar-refractivity contribution in [2.45, 2.75) is 43.4 Å². The summed E-state index contributed by atoms with van der Waals surface area (Å²) in [6.45, 7) is 3.74. The van der Waals surface area contributed by atoms with Crippen LogP contribution in [0, 0.1) is 11.8 Å². The van der Waals surface area contributed by atoms with Crippen LogP contribution in [0.3, 0.4) is 0 Å². The molecule has 1 aliphatic carbocycles. The van der Waals surface area contributed by atoms with Crippen molar-refractivity contribution in [2.24, 2.45) is 11.8 Å². The second-order valence-corrected chi connectivity index (χ2v) is 12.2. The van der Waals surface area contributed by atoms with Crippen molar-refractivity contribution in [1.82, 2.24) is 9.21 Å². The molecule has 2 saturated heterocycles. The quantitative estimate of drug-likeness (QED) is 0.566. The van der Waals surface area contributed by atoms with E-state index in [1.165, 1.54) is 5.56 Å². The van der Waals surface area contributed by atoms with Crippen LogP contribution in [0.5, 0.6) is 5.75 Å². The van der Waals surface area contributed by atoms with Gasteiger partial charge in [-0.05, 0) is 61.8 Å². The number of piperidine rings is 1. The molecule has 0 N–H and O–H groups in total. The number of ether oxygens (including phenoxy) is 1. The zero-order valence-corrected chi connectivity index (χ0v) is 22.0. The first-order valence-electron chi connectivity index (χ1n) is 13.2. The molecule has 2 aliphatic heterocycles. The third-order valence-electron chi connectivity index (χ3n) is 8.12. The molecule has 2 heterocycles. The first-order chi connectivity index (χ1) is 17.5. The van der Waals surface area contributed by atoms with E-state index in [4.69, 9.17) is 4.74 Å². The van der Waals surface area contributed by atoms with Crippen LogP contribution in [-0.2, 0) is 21.2 Å². The standard InChI is InChI=1S/C28H37N3O4S/c1-35-27-11-10-25(21-26(27)29-16-18-30(19-17-29)28(32)24-8-5-9-24)36(33,34)31-14-12-23(13-15-31)20-22-6-3-2-4-7-22/h2-4,6-7,10-11,21,23-24H,5,8-9,12-20H2,1H3. The second-order valence-electron chi connectivity index (χ2n) is 10.3. The highest BCUT2D eigenvalue weighted by Crippen LogP contribution is 2.35. The van der Waals surface area contributed by atoms with E-state index in [0.717, 1.165) is 44.2 Å². The lowest BCUT2D eigenvalue weighted by Gasteiger charge is -2.39. The lowest BCUT2D eigenvalue weighted by molar-refractivity contribution is -0.138. The van der Waals surface area contributed by atoms with Crippen molar-refractivity contribution in [1.29, 1.82) is 0 Å². The number of hydrogen-bond acceptors (Lipinski definition) is 5. The molecule has 2 aromatic carbocycles. The molecule has 8 heteroatoms. The van der Waals surface area contributed by atoms with Crippen molar-refractivity contribution in [2.75, 3.05) is 51.3 Å². The molecule has 0 radical (unpaired) electrons. The number of benzene rings is 2. The van der Waals surface area contributed by atoms with Crippen LogP contribution in [0.4, 0.5) is 5.69 Å². The van der Waals surface area contributed by atoms with E-state index in [9.17, 15) is 13.2 Å². The Kier molecular flexibility index (Phi) is 7.53. The Morgan fingerprint density at radius 2 is 1.61 bits per heavy atom. The Labute approximate surface area is 215 Å². The minimum atomic E-state index is -3.59. The summed E-state index contributed by atoms with van der Waals surface area (Å²) in [6.07, 6.45) is 5.91. The molecule has 3 fully saturated rings. The highest BCUT2D eigenvalue weighted by molar-refractivity contribution is 7.89. The number of sulfonamides is 1. The lowest BCUT2D eigenvalue weighted by atomic mass is 9.84. The highest BCUT2D eigenvalue weighted by Gasteiger charge is 2.33. The van der Waals surface area contributed by atoms with Gasteiger partial charge in [0.05, 0.1) is 17.7 Å². The van der Waals surface area contributed by atoms with E-state index in [1.54, 1.807) is 29.6 Å². The third kappa shape index (κ3) is 5.25. The van der Waals surface area contributed by atoms with E-state index in [1.807, 2.05) is 11.0 Å². The molecule has 2 aromatic rings. The molecule has 0 unspecified atom stereocenters. The molecule has 194 valence electrons. The number of carbonyl (C=O) groups is 1. The summed E-state index contributed by atoms with van der Waals surface area (Å²) in [5.74, 6) is 1.65. The van der Waals surface area contributed by atoms with Gasteiger partial charge >= 0.3 is 0 Å².